The molecule has 0 saturated heterocycles. The van der Waals surface area contributed by atoms with Crippen LogP contribution in [-0.2, 0) is 0 Å². The molecule has 3 heteroatoms. The minimum absolute atomic E-state index is 0.168. The highest BCUT2D eigenvalue weighted by Gasteiger charge is 2.00. The first-order chi connectivity index (χ1) is 7.25. The van der Waals surface area contributed by atoms with Crippen molar-refractivity contribution in [2.24, 2.45) is 0 Å². The molecular weight excluding hydrogens is 209 g/mol. The first-order valence-electron chi connectivity index (χ1n) is 4.60. The predicted molar refractivity (Wildman–Crippen MR) is 62.3 cm³/mol. The second-order valence-electron chi connectivity index (χ2n) is 3.17. The maximum Gasteiger partial charge on any atom is 0.0982 e. The molecule has 2 aromatic rings. The standard InChI is InChI=1S/C12H10FNS/c1-9(13)8-11-2-3-12(15-11)10-4-6-14-7-5-10/h2-8H,1H3/b9-8+. The maximum atomic E-state index is 12.7. The molecule has 1 nitrogen and oxygen atoms in total. The van der Waals surface area contributed by atoms with Crippen LogP contribution in [0.4, 0.5) is 4.39 Å². The monoisotopic (exact) mass is 219 g/mol. The van der Waals surface area contributed by atoms with E-state index < -0.39 is 0 Å². The molecule has 0 unspecified atom stereocenters. The van der Waals surface area contributed by atoms with Crippen molar-refractivity contribution in [1.82, 2.24) is 4.98 Å². The smallest absolute Gasteiger partial charge is 0.0982 e. The number of nitrogens with zero attached hydrogens (tertiary/aromatic N) is 1. The van der Waals surface area contributed by atoms with Gasteiger partial charge in [-0.05, 0) is 42.8 Å². The molecule has 0 spiro atoms. The summed E-state index contributed by atoms with van der Waals surface area (Å²) in [4.78, 5) is 6.02. The van der Waals surface area contributed by atoms with E-state index >= 15 is 0 Å². The molecule has 76 valence electrons. The largest absolute Gasteiger partial charge is 0.265 e. The third-order valence-corrected chi connectivity index (χ3v) is 3.01. The number of aromatic nitrogens is 1. The van der Waals surface area contributed by atoms with E-state index in [0.717, 1.165) is 15.3 Å². The molecule has 0 amide bonds. The summed E-state index contributed by atoms with van der Waals surface area (Å²) in [5, 5.41) is 0. The molecule has 0 fully saturated rings. The third kappa shape index (κ3) is 2.50. The van der Waals surface area contributed by atoms with E-state index in [-0.39, 0.29) is 5.83 Å². The number of halogens is 1. The van der Waals surface area contributed by atoms with E-state index in [9.17, 15) is 4.39 Å². The van der Waals surface area contributed by atoms with Crippen LogP contribution in [0.15, 0.2) is 42.5 Å². The fourth-order valence-corrected chi connectivity index (χ4v) is 2.30. The molecule has 0 radical (unpaired) electrons. The van der Waals surface area contributed by atoms with Gasteiger partial charge in [-0.25, -0.2) is 4.39 Å². The quantitative estimate of drug-likeness (QED) is 0.739. The molecule has 2 rings (SSSR count). The zero-order chi connectivity index (χ0) is 10.7. The lowest BCUT2D eigenvalue weighted by atomic mass is 10.2. The Hall–Kier alpha value is -1.48. The van der Waals surface area contributed by atoms with E-state index in [1.807, 2.05) is 24.3 Å². The van der Waals surface area contributed by atoms with Gasteiger partial charge in [-0.1, -0.05) is 0 Å². The second-order valence-corrected chi connectivity index (χ2v) is 4.28. The Kier molecular flexibility index (Phi) is 2.92. The average Bonchev–Trinajstić information content (AvgIpc) is 2.67. The van der Waals surface area contributed by atoms with Crippen molar-refractivity contribution in [3.63, 3.8) is 0 Å². The predicted octanol–water partition coefficient (Wildman–Crippen LogP) is 4.14. The molecule has 2 aromatic heterocycles. The van der Waals surface area contributed by atoms with Gasteiger partial charge in [0.05, 0.1) is 5.83 Å². The van der Waals surface area contributed by atoms with Gasteiger partial charge in [-0.15, -0.1) is 11.3 Å². The van der Waals surface area contributed by atoms with E-state index in [1.165, 1.54) is 13.0 Å². The summed E-state index contributed by atoms with van der Waals surface area (Å²) in [5.41, 5.74) is 1.12. The topological polar surface area (TPSA) is 12.9 Å². The first-order valence-corrected chi connectivity index (χ1v) is 5.41. The number of thiophene rings is 1. The Morgan fingerprint density at radius 1 is 1.27 bits per heavy atom. The van der Waals surface area contributed by atoms with Gasteiger partial charge in [-0.3, -0.25) is 4.98 Å². The van der Waals surface area contributed by atoms with Crippen molar-refractivity contribution in [2.75, 3.05) is 0 Å². The first kappa shape index (κ1) is 10.1. The van der Waals surface area contributed by atoms with Crippen LogP contribution in [0.5, 0.6) is 0 Å². The van der Waals surface area contributed by atoms with Crippen molar-refractivity contribution < 1.29 is 4.39 Å². The summed E-state index contributed by atoms with van der Waals surface area (Å²) in [6.45, 7) is 1.45. The Bertz CT molecular complexity index is 469. The van der Waals surface area contributed by atoms with Gasteiger partial charge in [0.15, 0.2) is 0 Å². The van der Waals surface area contributed by atoms with E-state index in [0.29, 0.717) is 0 Å². The minimum Gasteiger partial charge on any atom is -0.265 e. The summed E-state index contributed by atoms with van der Waals surface area (Å²) in [6, 6.07) is 7.81. The molecule has 0 atom stereocenters. The number of hydrogen-bond acceptors (Lipinski definition) is 2. The van der Waals surface area contributed by atoms with E-state index in [1.54, 1.807) is 23.7 Å². The lowest BCUT2D eigenvalue weighted by molar-refractivity contribution is 0.648. The van der Waals surface area contributed by atoms with Crippen LogP contribution in [0.2, 0.25) is 0 Å². The highest BCUT2D eigenvalue weighted by molar-refractivity contribution is 7.16. The Balaban J connectivity index is 2.32. The summed E-state index contributed by atoms with van der Waals surface area (Å²) in [6.07, 6.45) is 5.05. The number of hydrogen-bond donors (Lipinski definition) is 0. The van der Waals surface area contributed by atoms with Gasteiger partial charge in [0, 0.05) is 22.1 Å². The second kappa shape index (κ2) is 4.36. The van der Waals surface area contributed by atoms with E-state index in [4.69, 9.17) is 0 Å². The number of pyridine rings is 1. The fraction of sp³-hybridized carbons (Fsp3) is 0.0833. The third-order valence-electron chi connectivity index (χ3n) is 1.93. The zero-order valence-corrected chi connectivity index (χ0v) is 9.09. The molecule has 15 heavy (non-hydrogen) atoms. The van der Waals surface area contributed by atoms with E-state index in [2.05, 4.69) is 4.98 Å². The molecule has 0 aliphatic carbocycles. The summed E-state index contributed by atoms with van der Waals surface area (Å²) >= 11 is 1.57. The summed E-state index contributed by atoms with van der Waals surface area (Å²) in [7, 11) is 0. The van der Waals surface area contributed by atoms with Crippen molar-refractivity contribution in [1.29, 1.82) is 0 Å². The van der Waals surface area contributed by atoms with Gasteiger partial charge in [0.25, 0.3) is 0 Å². The lowest BCUT2D eigenvalue weighted by Crippen LogP contribution is -1.71. The SMILES string of the molecule is C/C(F)=C\c1ccc(-c2ccncc2)s1. The van der Waals surface area contributed by atoms with Crippen LogP contribution in [0.1, 0.15) is 11.8 Å². The van der Waals surface area contributed by atoms with Gasteiger partial charge in [0.2, 0.25) is 0 Å². The molecule has 0 N–H and O–H groups in total. The highest BCUT2D eigenvalue weighted by Crippen LogP contribution is 2.28. The average molecular weight is 219 g/mol. The molecule has 0 saturated carbocycles. The van der Waals surface area contributed by atoms with Gasteiger partial charge in [-0.2, -0.15) is 0 Å². The highest BCUT2D eigenvalue weighted by atomic mass is 32.1. The van der Waals surface area contributed by atoms with Crippen LogP contribution in [0.25, 0.3) is 16.5 Å². The van der Waals surface area contributed by atoms with Crippen molar-refractivity contribution >= 4 is 17.4 Å². The molecule has 0 aliphatic rings. The van der Waals surface area contributed by atoms with Crippen LogP contribution in [0.3, 0.4) is 0 Å². The summed E-state index contributed by atoms with van der Waals surface area (Å²) in [5.74, 6) is -0.168. The van der Waals surface area contributed by atoms with Crippen LogP contribution in [0, 0.1) is 0 Å². The molecule has 0 aliphatic heterocycles. The normalized spacial score (nSPS) is 11.7. The Morgan fingerprint density at radius 2 is 2.00 bits per heavy atom. The Morgan fingerprint density at radius 3 is 2.67 bits per heavy atom. The van der Waals surface area contributed by atoms with Gasteiger partial charge >= 0.3 is 0 Å². The molecular formula is C12H10FNS. The summed E-state index contributed by atoms with van der Waals surface area (Å²) < 4.78 is 12.7. The Labute approximate surface area is 91.9 Å². The fourth-order valence-electron chi connectivity index (χ4n) is 1.30. The van der Waals surface area contributed by atoms with Crippen LogP contribution in [-0.4, -0.2) is 4.98 Å². The lowest BCUT2D eigenvalue weighted by Gasteiger charge is -1.93. The molecule has 2 heterocycles. The minimum atomic E-state index is -0.168. The number of allylic oxidation sites excluding steroid dienone is 1. The number of rotatable bonds is 2. The van der Waals surface area contributed by atoms with Gasteiger partial charge in [0.1, 0.15) is 0 Å². The molecule has 0 aromatic carbocycles. The maximum absolute atomic E-state index is 12.7. The van der Waals surface area contributed by atoms with Crippen LogP contribution >= 0.6 is 11.3 Å². The van der Waals surface area contributed by atoms with Crippen LogP contribution < -0.4 is 0 Å². The zero-order valence-electron chi connectivity index (χ0n) is 8.27. The van der Waals surface area contributed by atoms with Crippen molar-refractivity contribution in [3.8, 4) is 10.4 Å². The van der Waals surface area contributed by atoms with Crippen molar-refractivity contribution in [3.05, 3.63) is 47.4 Å². The van der Waals surface area contributed by atoms with Crippen molar-refractivity contribution in [2.45, 2.75) is 6.92 Å². The molecule has 0 bridgehead atoms. The van der Waals surface area contributed by atoms with Gasteiger partial charge < -0.3 is 0 Å².